The Bertz CT molecular complexity index is 2860. The maximum Gasteiger partial charge on any atom is 0.165 e. The number of furan rings is 1. The Morgan fingerprint density at radius 2 is 0.960 bits per heavy atom. The summed E-state index contributed by atoms with van der Waals surface area (Å²) in [4.78, 5) is 15.4. The maximum absolute atomic E-state index is 6.27. The van der Waals surface area contributed by atoms with Crippen LogP contribution in [0.4, 0.5) is 0 Å². The van der Waals surface area contributed by atoms with Crippen LogP contribution in [-0.4, -0.2) is 15.0 Å². The molecule has 5 heteroatoms. The van der Waals surface area contributed by atoms with Gasteiger partial charge in [-0.15, -0.1) is 11.3 Å². The van der Waals surface area contributed by atoms with Crippen LogP contribution in [0.25, 0.3) is 98.5 Å². The summed E-state index contributed by atoms with van der Waals surface area (Å²) in [6.45, 7) is 0. The van der Waals surface area contributed by atoms with Gasteiger partial charge in [0.15, 0.2) is 17.5 Å². The SMILES string of the molecule is c1ccc(-c2ccc(-c3nc(-c4ccc5c(c4)oc4ccccc45)nc(-c4cccc5c4sc4cccc(-c6ccccc6)c45)n3)cc2)cc1. The molecule has 3 heterocycles. The summed E-state index contributed by atoms with van der Waals surface area (Å²) >= 11 is 1.78. The molecule has 10 aromatic rings. The molecule has 0 amide bonds. The van der Waals surface area contributed by atoms with E-state index >= 15 is 0 Å². The van der Waals surface area contributed by atoms with Gasteiger partial charge in [-0.2, -0.15) is 0 Å². The number of para-hydroxylation sites is 1. The van der Waals surface area contributed by atoms with Crippen LogP contribution in [0.2, 0.25) is 0 Å². The fourth-order valence-corrected chi connectivity index (χ4v) is 8.18. The summed E-state index contributed by atoms with van der Waals surface area (Å²) < 4.78 is 8.65. The molecule has 0 aliphatic heterocycles. The zero-order valence-corrected chi connectivity index (χ0v) is 27.6. The Balaban J connectivity index is 1.17. The van der Waals surface area contributed by atoms with Gasteiger partial charge in [-0.1, -0.05) is 133 Å². The Morgan fingerprint density at radius 1 is 0.380 bits per heavy atom. The lowest BCUT2D eigenvalue weighted by molar-refractivity contribution is 0.669. The van der Waals surface area contributed by atoms with Crippen molar-refractivity contribution in [3.8, 4) is 56.4 Å². The number of aromatic nitrogens is 3. The molecule has 4 nitrogen and oxygen atoms in total. The van der Waals surface area contributed by atoms with Gasteiger partial charge in [0.2, 0.25) is 0 Å². The second-order valence-corrected chi connectivity index (χ2v) is 13.4. The smallest absolute Gasteiger partial charge is 0.165 e. The maximum atomic E-state index is 6.27. The van der Waals surface area contributed by atoms with Gasteiger partial charge in [0.05, 0.1) is 0 Å². The van der Waals surface area contributed by atoms with Gasteiger partial charge in [0.1, 0.15) is 11.2 Å². The molecule has 0 radical (unpaired) electrons. The first kappa shape index (κ1) is 28.6. The van der Waals surface area contributed by atoms with Gasteiger partial charge in [0, 0.05) is 47.6 Å². The van der Waals surface area contributed by atoms with Gasteiger partial charge in [0.25, 0.3) is 0 Å². The Kier molecular flexibility index (Phi) is 6.64. The third-order valence-electron chi connectivity index (χ3n) is 9.37. The molecule has 50 heavy (non-hydrogen) atoms. The molecule has 0 unspecified atom stereocenters. The number of thiophene rings is 1. The standard InChI is InChI=1S/C45H27N3OS/c1-3-11-28(12-4-1)29-21-23-31(24-22-29)43-46-44(32-25-26-35-34-15-7-8-19-38(34)49-39(35)27-32)48-45(47-43)37-18-9-17-36-41-33(30-13-5-2-6-14-30)16-10-20-40(41)50-42(36)37/h1-27H. The van der Waals surface area contributed by atoms with Crippen LogP contribution in [0.1, 0.15) is 0 Å². The van der Waals surface area contributed by atoms with E-state index in [0.717, 1.165) is 48.9 Å². The third kappa shape index (κ3) is 4.79. The molecular weight excluding hydrogens is 631 g/mol. The van der Waals surface area contributed by atoms with Crippen molar-refractivity contribution < 1.29 is 4.42 Å². The molecule has 7 aromatic carbocycles. The summed E-state index contributed by atoms with van der Waals surface area (Å²) in [5.74, 6) is 1.86. The van der Waals surface area contributed by atoms with Gasteiger partial charge in [-0.25, -0.2) is 15.0 Å². The Hall–Kier alpha value is -6.43. The van der Waals surface area contributed by atoms with Crippen LogP contribution in [0.3, 0.4) is 0 Å². The van der Waals surface area contributed by atoms with Crippen LogP contribution in [-0.2, 0) is 0 Å². The number of rotatable bonds is 5. The molecule has 234 valence electrons. The summed E-state index contributed by atoms with van der Waals surface area (Å²) in [5, 5.41) is 4.61. The van der Waals surface area contributed by atoms with Crippen molar-refractivity contribution in [2.45, 2.75) is 0 Å². The lowest BCUT2D eigenvalue weighted by Crippen LogP contribution is -2.00. The van der Waals surface area contributed by atoms with E-state index in [1.165, 1.54) is 32.2 Å². The quantitative estimate of drug-likeness (QED) is 0.185. The second-order valence-electron chi connectivity index (χ2n) is 12.4. The van der Waals surface area contributed by atoms with E-state index in [9.17, 15) is 0 Å². The van der Waals surface area contributed by atoms with Crippen molar-refractivity contribution in [2.24, 2.45) is 0 Å². The molecule has 0 spiro atoms. The molecule has 0 N–H and O–H groups in total. The van der Waals surface area contributed by atoms with E-state index in [1.54, 1.807) is 11.3 Å². The van der Waals surface area contributed by atoms with E-state index in [2.05, 4.69) is 133 Å². The summed E-state index contributed by atoms with van der Waals surface area (Å²) in [7, 11) is 0. The average Bonchev–Trinajstić information content (AvgIpc) is 3.77. The van der Waals surface area contributed by atoms with Crippen molar-refractivity contribution in [1.82, 2.24) is 15.0 Å². The Labute approximate surface area is 292 Å². The predicted octanol–water partition coefficient (Wildman–Crippen LogP) is 12.5. The molecule has 0 atom stereocenters. The number of hydrogen-bond donors (Lipinski definition) is 0. The molecule has 0 saturated heterocycles. The third-order valence-corrected chi connectivity index (χ3v) is 10.6. The number of nitrogens with zero attached hydrogens (tertiary/aromatic N) is 3. The van der Waals surface area contributed by atoms with Gasteiger partial charge in [-0.05, 0) is 52.6 Å². The van der Waals surface area contributed by atoms with Crippen LogP contribution < -0.4 is 0 Å². The molecule has 0 aliphatic rings. The first-order valence-electron chi connectivity index (χ1n) is 16.6. The molecule has 10 rings (SSSR count). The predicted molar refractivity (Wildman–Crippen MR) is 207 cm³/mol. The van der Waals surface area contributed by atoms with Crippen molar-refractivity contribution in [2.75, 3.05) is 0 Å². The largest absolute Gasteiger partial charge is 0.456 e. The monoisotopic (exact) mass is 657 g/mol. The van der Waals surface area contributed by atoms with Crippen molar-refractivity contribution in [3.05, 3.63) is 164 Å². The molecule has 3 aromatic heterocycles. The van der Waals surface area contributed by atoms with Crippen molar-refractivity contribution >= 4 is 53.4 Å². The number of benzene rings is 7. The second kappa shape index (κ2) is 11.6. The zero-order valence-electron chi connectivity index (χ0n) is 26.7. The summed E-state index contributed by atoms with van der Waals surface area (Å²) in [6.07, 6.45) is 0. The highest BCUT2D eigenvalue weighted by atomic mass is 32.1. The van der Waals surface area contributed by atoms with E-state index < -0.39 is 0 Å². The van der Waals surface area contributed by atoms with Crippen LogP contribution >= 0.6 is 11.3 Å². The first-order valence-corrected chi connectivity index (χ1v) is 17.4. The fourth-order valence-electron chi connectivity index (χ4n) is 6.94. The number of fused-ring (bicyclic) bond motifs is 6. The van der Waals surface area contributed by atoms with Crippen molar-refractivity contribution in [3.63, 3.8) is 0 Å². The average molecular weight is 658 g/mol. The minimum absolute atomic E-state index is 0.600. The minimum atomic E-state index is 0.600. The molecule has 0 fully saturated rings. The lowest BCUT2D eigenvalue weighted by atomic mass is 9.99. The first-order chi connectivity index (χ1) is 24.8. The summed E-state index contributed by atoms with van der Waals surface area (Å²) in [6, 6.07) is 56.8. The molecular formula is C45H27N3OS. The Morgan fingerprint density at radius 3 is 1.78 bits per heavy atom. The van der Waals surface area contributed by atoms with Crippen molar-refractivity contribution in [1.29, 1.82) is 0 Å². The van der Waals surface area contributed by atoms with Gasteiger partial charge in [-0.3, -0.25) is 0 Å². The van der Waals surface area contributed by atoms with Crippen LogP contribution in [0, 0.1) is 0 Å². The van der Waals surface area contributed by atoms with Crippen LogP contribution in [0.5, 0.6) is 0 Å². The molecule has 0 aliphatic carbocycles. The number of hydrogen-bond acceptors (Lipinski definition) is 5. The topological polar surface area (TPSA) is 51.8 Å². The van der Waals surface area contributed by atoms with E-state index in [-0.39, 0.29) is 0 Å². The van der Waals surface area contributed by atoms with E-state index in [1.807, 2.05) is 30.3 Å². The van der Waals surface area contributed by atoms with E-state index in [4.69, 9.17) is 19.4 Å². The highest BCUT2D eigenvalue weighted by Crippen LogP contribution is 2.43. The van der Waals surface area contributed by atoms with Gasteiger partial charge < -0.3 is 4.42 Å². The zero-order chi connectivity index (χ0) is 33.0. The van der Waals surface area contributed by atoms with Gasteiger partial charge >= 0.3 is 0 Å². The van der Waals surface area contributed by atoms with Crippen LogP contribution in [0.15, 0.2) is 168 Å². The van der Waals surface area contributed by atoms with E-state index in [0.29, 0.717) is 17.5 Å². The minimum Gasteiger partial charge on any atom is -0.456 e. The highest BCUT2D eigenvalue weighted by molar-refractivity contribution is 7.26. The molecule has 0 saturated carbocycles. The lowest BCUT2D eigenvalue weighted by Gasteiger charge is -2.10. The normalized spacial score (nSPS) is 11.6. The fraction of sp³-hybridized carbons (Fsp3) is 0. The highest BCUT2D eigenvalue weighted by Gasteiger charge is 2.19. The summed E-state index contributed by atoms with van der Waals surface area (Å²) in [5.41, 5.74) is 9.19. The molecule has 0 bridgehead atoms.